The Morgan fingerprint density at radius 1 is 1.39 bits per heavy atom. The monoisotopic (exact) mass is 262 g/mol. The van der Waals surface area contributed by atoms with E-state index in [0.29, 0.717) is 5.25 Å². The Hall–Kier alpha value is -0.960. The van der Waals surface area contributed by atoms with Crippen molar-refractivity contribution >= 4 is 17.7 Å². The topological polar surface area (TPSA) is 37.3 Å². The van der Waals surface area contributed by atoms with Gasteiger partial charge in [-0.15, -0.1) is 11.8 Å². The van der Waals surface area contributed by atoms with E-state index >= 15 is 0 Å². The molecule has 0 bridgehead atoms. The summed E-state index contributed by atoms with van der Waals surface area (Å²) in [6.07, 6.45) is 4.77. The number of carboxylic acids is 1. The van der Waals surface area contributed by atoms with Gasteiger partial charge >= 0.3 is 5.97 Å². The summed E-state index contributed by atoms with van der Waals surface area (Å²) in [5.41, 5.74) is 1.80. The number of hydrogen-bond acceptors (Lipinski definition) is 2. The lowest BCUT2D eigenvalue weighted by Gasteiger charge is -2.24. The van der Waals surface area contributed by atoms with E-state index in [1.807, 2.05) is 11.8 Å². The van der Waals surface area contributed by atoms with E-state index in [1.165, 1.54) is 10.5 Å². The van der Waals surface area contributed by atoms with Crippen molar-refractivity contribution in [2.45, 2.75) is 54.6 Å². The molecule has 0 spiro atoms. The Bertz CT molecular complexity index is 489. The second-order valence-electron chi connectivity index (χ2n) is 5.55. The molecular weight excluding hydrogens is 244 g/mol. The third-order valence-electron chi connectivity index (χ3n) is 4.32. The SMILES string of the molecule is CC1Cc2ccc(C3(C(=O)O)CCCC3)cc2S1. The first-order chi connectivity index (χ1) is 8.62. The number of hydrogen-bond donors (Lipinski definition) is 1. The summed E-state index contributed by atoms with van der Waals surface area (Å²) in [5, 5.41) is 10.2. The van der Waals surface area contributed by atoms with Crippen LogP contribution >= 0.6 is 11.8 Å². The molecule has 1 fully saturated rings. The van der Waals surface area contributed by atoms with Gasteiger partial charge in [-0.1, -0.05) is 31.9 Å². The molecule has 96 valence electrons. The average Bonchev–Trinajstić information content (AvgIpc) is 2.92. The lowest BCUT2D eigenvalue weighted by atomic mass is 9.78. The fourth-order valence-electron chi connectivity index (χ4n) is 3.30. The summed E-state index contributed by atoms with van der Waals surface area (Å²) in [5.74, 6) is -0.643. The molecule has 0 aromatic heterocycles. The molecule has 1 aromatic rings. The van der Waals surface area contributed by atoms with Crippen LogP contribution in [0.25, 0.3) is 0 Å². The standard InChI is InChI=1S/C15H18O2S/c1-10-8-11-4-5-12(9-13(11)18-10)15(14(16)17)6-2-3-7-15/h4-5,9-10H,2-3,6-8H2,1H3,(H,16,17). The molecule has 0 saturated heterocycles. The molecule has 2 nitrogen and oxygen atoms in total. The predicted octanol–water partition coefficient (Wildman–Crippen LogP) is 3.62. The number of carboxylic acid groups (broad SMARTS) is 1. The van der Waals surface area contributed by atoms with Crippen molar-refractivity contribution in [1.82, 2.24) is 0 Å². The lowest BCUT2D eigenvalue weighted by Crippen LogP contribution is -2.32. The highest BCUT2D eigenvalue weighted by molar-refractivity contribution is 8.00. The zero-order chi connectivity index (χ0) is 12.8. The van der Waals surface area contributed by atoms with Gasteiger partial charge in [-0.25, -0.2) is 0 Å². The summed E-state index contributed by atoms with van der Waals surface area (Å²) in [7, 11) is 0. The molecule has 0 amide bonds. The van der Waals surface area contributed by atoms with Crippen LogP contribution in [-0.4, -0.2) is 16.3 Å². The highest BCUT2D eigenvalue weighted by Crippen LogP contribution is 2.45. The molecule has 18 heavy (non-hydrogen) atoms. The van der Waals surface area contributed by atoms with E-state index < -0.39 is 11.4 Å². The maximum atomic E-state index is 11.7. The summed E-state index contributed by atoms with van der Waals surface area (Å²) in [6, 6.07) is 6.34. The quantitative estimate of drug-likeness (QED) is 0.884. The van der Waals surface area contributed by atoms with Gasteiger partial charge in [-0.3, -0.25) is 4.79 Å². The molecule has 1 aromatic carbocycles. The summed E-state index contributed by atoms with van der Waals surface area (Å²) < 4.78 is 0. The lowest BCUT2D eigenvalue weighted by molar-refractivity contribution is -0.143. The molecule has 2 aliphatic rings. The van der Waals surface area contributed by atoms with Crippen LogP contribution < -0.4 is 0 Å². The number of benzene rings is 1. The molecular formula is C15H18O2S. The summed E-state index contributed by atoms with van der Waals surface area (Å²) in [6.45, 7) is 2.23. The molecule has 1 unspecified atom stereocenters. The maximum absolute atomic E-state index is 11.7. The molecule has 1 aliphatic heterocycles. The molecule has 3 rings (SSSR count). The van der Waals surface area contributed by atoms with Crippen LogP contribution in [-0.2, 0) is 16.6 Å². The van der Waals surface area contributed by atoms with E-state index in [2.05, 4.69) is 25.1 Å². The minimum atomic E-state index is -0.643. The van der Waals surface area contributed by atoms with Crippen LogP contribution in [0.1, 0.15) is 43.7 Å². The zero-order valence-electron chi connectivity index (χ0n) is 10.6. The van der Waals surface area contributed by atoms with Crippen LogP contribution in [0.15, 0.2) is 23.1 Å². The summed E-state index contributed by atoms with van der Waals surface area (Å²) >= 11 is 1.88. The predicted molar refractivity (Wildman–Crippen MR) is 73.2 cm³/mol. The van der Waals surface area contributed by atoms with Crippen molar-refractivity contribution < 1.29 is 9.90 Å². The van der Waals surface area contributed by atoms with Gasteiger partial charge in [0.15, 0.2) is 0 Å². The van der Waals surface area contributed by atoms with E-state index in [0.717, 1.165) is 37.7 Å². The largest absolute Gasteiger partial charge is 0.481 e. The van der Waals surface area contributed by atoms with Crippen molar-refractivity contribution in [1.29, 1.82) is 0 Å². The fourth-order valence-corrected chi connectivity index (χ4v) is 4.50. The van der Waals surface area contributed by atoms with Crippen LogP contribution in [0.4, 0.5) is 0 Å². The van der Waals surface area contributed by atoms with Crippen molar-refractivity contribution in [3.63, 3.8) is 0 Å². The van der Waals surface area contributed by atoms with Crippen molar-refractivity contribution in [3.05, 3.63) is 29.3 Å². The van der Waals surface area contributed by atoms with Crippen molar-refractivity contribution in [2.24, 2.45) is 0 Å². The minimum absolute atomic E-state index is 0.610. The fraction of sp³-hybridized carbons (Fsp3) is 0.533. The smallest absolute Gasteiger partial charge is 0.314 e. The van der Waals surface area contributed by atoms with Crippen LogP contribution in [0.2, 0.25) is 0 Å². The highest BCUT2D eigenvalue weighted by atomic mass is 32.2. The number of carbonyl (C=O) groups is 1. The van der Waals surface area contributed by atoms with Gasteiger partial charge < -0.3 is 5.11 Å². The summed E-state index contributed by atoms with van der Waals surface area (Å²) in [4.78, 5) is 13.0. The Kier molecular flexibility index (Phi) is 2.89. The first-order valence-corrected chi connectivity index (χ1v) is 7.53. The number of rotatable bonds is 2. The first kappa shape index (κ1) is 12.1. The molecule has 1 aliphatic carbocycles. The second-order valence-corrected chi connectivity index (χ2v) is 7.03. The Balaban J connectivity index is 2.02. The normalized spacial score (nSPS) is 25.1. The average molecular weight is 262 g/mol. The Labute approximate surface area is 112 Å². The van der Waals surface area contributed by atoms with Gasteiger partial charge in [0.05, 0.1) is 5.41 Å². The van der Waals surface area contributed by atoms with E-state index in [1.54, 1.807) is 0 Å². The molecule has 1 N–H and O–H groups in total. The second kappa shape index (κ2) is 4.30. The van der Waals surface area contributed by atoms with Gasteiger partial charge in [0.1, 0.15) is 0 Å². The van der Waals surface area contributed by atoms with Gasteiger partial charge in [0, 0.05) is 10.1 Å². The number of fused-ring (bicyclic) bond motifs is 1. The first-order valence-electron chi connectivity index (χ1n) is 6.65. The molecule has 3 heteroatoms. The van der Waals surface area contributed by atoms with E-state index in [4.69, 9.17) is 0 Å². The van der Waals surface area contributed by atoms with Gasteiger partial charge in [-0.05, 0) is 36.5 Å². The van der Waals surface area contributed by atoms with Gasteiger partial charge in [0.2, 0.25) is 0 Å². The molecule has 1 heterocycles. The number of aliphatic carboxylic acids is 1. The third kappa shape index (κ3) is 1.76. The van der Waals surface area contributed by atoms with Gasteiger partial charge in [0.25, 0.3) is 0 Å². The van der Waals surface area contributed by atoms with Gasteiger partial charge in [-0.2, -0.15) is 0 Å². The maximum Gasteiger partial charge on any atom is 0.314 e. The van der Waals surface area contributed by atoms with E-state index in [-0.39, 0.29) is 0 Å². The molecule has 1 atom stereocenters. The highest BCUT2D eigenvalue weighted by Gasteiger charge is 2.43. The Morgan fingerprint density at radius 3 is 2.78 bits per heavy atom. The zero-order valence-corrected chi connectivity index (χ0v) is 11.4. The third-order valence-corrected chi connectivity index (χ3v) is 5.52. The minimum Gasteiger partial charge on any atom is -0.481 e. The van der Waals surface area contributed by atoms with Crippen LogP contribution in [0.5, 0.6) is 0 Å². The number of thioether (sulfide) groups is 1. The van der Waals surface area contributed by atoms with E-state index in [9.17, 15) is 9.90 Å². The van der Waals surface area contributed by atoms with Crippen LogP contribution in [0, 0.1) is 0 Å². The van der Waals surface area contributed by atoms with Crippen LogP contribution in [0.3, 0.4) is 0 Å². The Morgan fingerprint density at radius 2 is 2.11 bits per heavy atom. The molecule has 0 radical (unpaired) electrons. The molecule has 1 saturated carbocycles. The van der Waals surface area contributed by atoms with Crippen molar-refractivity contribution in [3.8, 4) is 0 Å². The van der Waals surface area contributed by atoms with Crippen molar-refractivity contribution in [2.75, 3.05) is 0 Å².